The second kappa shape index (κ2) is 5.88. The molecule has 3 rings (SSSR count). The quantitative estimate of drug-likeness (QED) is 0.896. The molecule has 2 atom stereocenters. The molecule has 1 aromatic heterocycles. The lowest BCUT2D eigenvalue weighted by Crippen LogP contribution is -2.46. The van der Waals surface area contributed by atoms with Crippen LogP contribution < -0.4 is 10.6 Å². The van der Waals surface area contributed by atoms with Gasteiger partial charge < -0.3 is 10.6 Å². The van der Waals surface area contributed by atoms with E-state index in [1.54, 1.807) is 0 Å². The zero-order chi connectivity index (χ0) is 15.0. The van der Waals surface area contributed by atoms with E-state index in [4.69, 9.17) is 10.7 Å². The summed E-state index contributed by atoms with van der Waals surface area (Å²) in [5.41, 5.74) is 7.27. The fourth-order valence-electron chi connectivity index (χ4n) is 4.05. The summed E-state index contributed by atoms with van der Waals surface area (Å²) in [7, 11) is 0. The van der Waals surface area contributed by atoms with Crippen molar-refractivity contribution in [3.63, 3.8) is 0 Å². The summed E-state index contributed by atoms with van der Waals surface area (Å²) < 4.78 is 0. The highest BCUT2D eigenvalue weighted by molar-refractivity contribution is 7.15. The SMILES string of the molecule is CC(C)(C)c1nc(N2CCCC3CCCCC32)sc1CN. The minimum atomic E-state index is 0.0885. The Kier molecular flexibility index (Phi) is 4.28. The third-order valence-electron chi connectivity index (χ3n) is 5.07. The van der Waals surface area contributed by atoms with Gasteiger partial charge in [0.2, 0.25) is 0 Å². The second-order valence-electron chi connectivity index (χ2n) is 7.67. The molecule has 2 aliphatic rings. The average molecular weight is 308 g/mol. The molecule has 4 heteroatoms. The minimum Gasteiger partial charge on any atom is -0.345 e. The summed E-state index contributed by atoms with van der Waals surface area (Å²) >= 11 is 1.84. The van der Waals surface area contributed by atoms with Gasteiger partial charge in [-0.25, -0.2) is 4.98 Å². The van der Waals surface area contributed by atoms with Crippen LogP contribution in [0.4, 0.5) is 5.13 Å². The zero-order valence-electron chi connectivity index (χ0n) is 13.7. The van der Waals surface area contributed by atoms with Gasteiger partial charge in [-0.1, -0.05) is 33.6 Å². The molecular formula is C17H29N3S. The first-order valence-corrected chi connectivity index (χ1v) is 9.29. The largest absolute Gasteiger partial charge is 0.345 e. The number of nitrogens with two attached hydrogens (primary N) is 1. The van der Waals surface area contributed by atoms with Gasteiger partial charge in [0.05, 0.1) is 5.69 Å². The van der Waals surface area contributed by atoms with Gasteiger partial charge in [0.1, 0.15) is 0 Å². The van der Waals surface area contributed by atoms with Gasteiger partial charge in [-0.3, -0.25) is 0 Å². The maximum absolute atomic E-state index is 5.97. The van der Waals surface area contributed by atoms with E-state index >= 15 is 0 Å². The van der Waals surface area contributed by atoms with Gasteiger partial charge in [-0.15, -0.1) is 11.3 Å². The van der Waals surface area contributed by atoms with Crippen LogP contribution in [0.5, 0.6) is 0 Å². The summed E-state index contributed by atoms with van der Waals surface area (Å²) in [6.45, 7) is 8.52. The van der Waals surface area contributed by atoms with Crippen LogP contribution in [0.15, 0.2) is 0 Å². The van der Waals surface area contributed by atoms with Crippen molar-refractivity contribution in [3.8, 4) is 0 Å². The van der Waals surface area contributed by atoms with E-state index in [-0.39, 0.29) is 5.41 Å². The van der Waals surface area contributed by atoms with Crippen molar-refractivity contribution >= 4 is 16.5 Å². The molecule has 1 saturated carbocycles. The van der Waals surface area contributed by atoms with Crippen molar-refractivity contribution in [1.82, 2.24) is 4.98 Å². The summed E-state index contributed by atoms with van der Waals surface area (Å²) in [6.07, 6.45) is 8.33. The van der Waals surface area contributed by atoms with Gasteiger partial charge in [-0.05, 0) is 31.6 Å². The van der Waals surface area contributed by atoms with E-state index in [2.05, 4.69) is 25.7 Å². The third-order valence-corrected chi connectivity index (χ3v) is 6.19. The Labute approximate surface area is 132 Å². The number of hydrogen-bond donors (Lipinski definition) is 1. The topological polar surface area (TPSA) is 42.2 Å². The molecule has 1 aromatic rings. The normalized spacial score (nSPS) is 26.8. The van der Waals surface area contributed by atoms with E-state index in [1.165, 1.54) is 60.8 Å². The predicted molar refractivity (Wildman–Crippen MR) is 91.0 cm³/mol. The third kappa shape index (κ3) is 2.98. The lowest BCUT2D eigenvalue weighted by molar-refractivity contribution is 0.243. The van der Waals surface area contributed by atoms with Crippen LogP contribution in [0.2, 0.25) is 0 Å². The molecule has 1 aliphatic carbocycles. The number of hydrogen-bond acceptors (Lipinski definition) is 4. The molecule has 2 heterocycles. The van der Waals surface area contributed by atoms with Crippen molar-refractivity contribution in [1.29, 1.82) is 0 Å². The van der Waals surface area contributed by atoms with Crippen LogP contribution in [-0.4, -0.2) is 17.6 Å². The number of aromatic nitrogens is 1. The molecule has 0 spiro atoms. The first-order chi connectivity index (χ1) is 10.0. The van der Waals surface area contributed by atoms with E-state index in [0.29, 0.717) is 6.54 Å². The molecule has 2 N–H and O–H groups in total. The molecule has 0 bridgehead atoms. The lowest BCUT2D eigenvalue weighted by atomic mass is 9.78. The van der Waals surface area contributed by atoms with Crippen molar-refractivity contribution in [3.05, 3.63) is 10.6 Å². The summed E-state index contributed by atoms with van der Waals surface area (Å²) in [4.78, 5) is 8.92. The molecule has 2 fully saturated rings. The average Bonchev–Trinajstić information content (AvgIpc) is 2.91. The standard InChI is InChI=1S/C17H29N3S/c1-17(2,3)15-14(11-18)21-16(19-15)20-10-6-8-12-7-4-5-9-13(12)20/h12-13H,4-11,18H2,1-3H3. The van der Waals surface area contributed by atoms with Crippen LogP contribution in [0.1, 0.15) is 69.9 Å². The van der Waals surface area contributed by atoms with E-state index in [9.17, 15) is 0 Å². The Morgan fingerprint density at radius 3 is 2.57 bits per heavy atom. The maximum atomic E-state index is 5.97. The van der Waals surface area contributed by atoms with Gasteiger partial charge in [0, 0.05) is 29.4 Å². The number of piperidine rings is 1. The molecular weight excluding hydrogens is 278 g/mol. The summed E-state index contributed by atoms with van der Waals surface area (Å²) in [5, 5.41) is 1.23. The maximum Gasteiger partial charge on any atom is 0.186 e. The molecule has 3 nitrogen and oxygen atoms in total. The Morgan fingerprint density at radius 2 is 1.90 bits per heavy atom. The number of thiazole rings is 1. The van der Waals surface area contributed by atoms with Gasteiger partial charge in [-0.2, -0.15) is 0 Å². The highest BCUT2D eigenvalue weighted by Crippen LogP contribution is 2.41. The Balaban J connectivity index is 1.90. The summed E-state index contributed by atoms with van der Waals surface area (Å²) in [6, 6.07) is 0.733. The van der Waals surface area contributed by atoms with E-state index in [0.717, 1.165) is 12.0 Å². The highest BCUT2D eigenvalue weighted by atomic mass is 32.1. The van der Waals surface area contributed by atoms with Crippen LogP contribution in [0.3, 0.4) is 0 Å². The highest BCUT2D eigenvalue weighted by Gasteiger charge is 2.35. The minimum absolute atomic E-state index is 0.0885. The van der Waals surface area contributed by atoms with E-state index < -0.39 is 0 Å². The van der Waals surface area contributed by atoms with Crippen LogP contribution in [0, 0.1) is 5.92 Å². The zero-order valence-corrected chi connectivity index (χ0v) is 14.5. The fraction of sp³-hybridized carbons (Fsp3) is 0.824. The fourth-order valence-corrected chi connectivity index (χ4v) is 5.28. The van der Waals surface area contributed by atoms with Crippen molar-refractivity contribution in [2.24, 2.45) is 11.7 Å². The van der Waals surface area contributed by atoms with Crippen LogP contribution in [-0.2, 0) is 12.0 Å². The first-order valence-electron chi connectivity index (χ1n) is 8.47. The number of nitrogens with zero attached hydrogens (tertiary/aromatic N) is 2. The lowest BCUT2D eigenvalue weighted by Gasteiger charge is -2.44. The van der Waals surface area contributed by atoms with Crippen molar-refractivity contribution < 1.29 is 0 Å². The molecule has 0 aromatic carbocycles. The van der Waals surface area contributed by atoms with Crippen molar-refractivity contribution in [2.45, 2.75) is 77.3 Å². The molecule has 0 amide bonds. The number of fused-ring (bicyclic) bond motifs is 1. The molecule has 1 saturated heterocycles. The Bertz CT molecular complexity index is 487. The monoisotopic (exact) mass is 307 g/mol. The Hall–Kier alpha value is -0.610. The van der Waals surface area contributed by atoms with Crippen molar-refractivity contribution in [2.75, 3.05) is 11.4 Å². The number of anilines is 1. The van der Waals surface area contributed by atoms with E-state index in [1.807, 2.05) is 11.3 Å². The van der Waals surface area contributed by atoms with Gasteiger partial charge >= 0.3 is 0 Å². The van der Waals surface area contributed by atoms with Gasteiger partial charge in [0.15, 0.2) is 5.13 Å². The van der Waals surface area contributed by atoms with Crippen LogP contribution >= 0.6 is 11.3 Å². The molecule has 1 aliphatic heterocycles. The second-order valence-corrected chi connectivity index (χ2v) is 8.73. The van der Waals surface area contributed by atoms with Gasteiger partial charge in [0.25, 0.3) is 0 Å². The van der Waals surface area contributed by atoms with Crippen LogP contribution in [0.25, 0.3) is 0 Å². The number of rotatable bonds is 2. The molecule has 2 unspecified atom stereocenters. The predicted octanol–water partition coefficient (Wildman–Crippen LogP) is 4.06. The summed E-state index contributed by atoms with van der Waals surface area (Å²) in [5.74, 6) is 0.899. The molecule has 21 heavy (non-hydrogen) atoms. The first kappa shape index (κ1) is 15.3. The molecule has 118 valence electrons. The smallest absolute Gasteiger partial charge is 0.186 e. The Morgan fingerprint density at radius 1 is 1.19 bits per heavy atom. The molecule has 0 radical (unpaired) electrons.